The van der Waals surface area contributed by atoms with Crippen LogP contribution in [0.15, 0.2) is 48.2 Å². The van der Waals surface area contributed by atoms with E-state index in [9.17, 15) is 33.9 Å². The van der Waals surface area contributed by atoms with E-state index in [2.05, 4.69) is 20.6 Å². The molecule has 8 rings (SSSR count). The summed E-state index contributed by atoms with van der Waals surface area (Å²) in [7, 11) is 1.23. The van der Waals surface area contributed by atoms with Gasteiger partial charge in [-0.25, -0.2) is 19.0 Å². The number of hydrogen-bond donors (Lipinski definition) is 4. The number of hydrogen-bond acceptors (Lipinski definition) is 16. The molecule has 3 fully saturated rings. The van der Waals surface area contributed by atoms with Crippen molar-refractivity contribution in [3.8, 4) is 0 Å². The number of anilines is 2. The van der Waals surface area contributed by atoms with Gasteiger partial charge in [0.2, 0.25) is 17.0 Å². The van der Waals surface area contributed by atoms with E-state index < -0.39 is 58.9 Å². The SMILES string of the molecule is CO/N=C(\C(=O)N[C@@H]1C(=O)N2C(OC(=O)O)=C(COC(=O)N3CCN(c4cc5c(cc4F)c(=O)c4c(=O)[nH]oc4n5C4CC4)CC3)CS[C@H]12)c1csc(N)n1. The van der Waals surface area contributed by atoms with E-state index in [4.69, 9.17) is 24.6 Å². The van der Waals surface area contributed by atoms with Crippen LogP contribution in [0.2, 0.25) is 0 Å². The number of thioether (sulfide) groups is 1. The van der Waals surface area contributed by atoms with Gasteiger partial charge in [0.15, 0.2) is 16.2 Å². The molecule has 4 aromatic rings. The zero-order chi connectivity index (χ0) is 38.7. The minimum absolute atomic E-state index is 0.00907. The molecule has 5 N–H and O–H groups in total. The number of β-lactam (4-membered cyclic amide) rings is 1. The molecule has 2 saturated heterocycles. The number of ether oxygens (including phenoxy) is 2. The van der Waals surface area contributed by atoms with Gasteiger partial charge >= 0.3 is 12.2 Å². The highest BCUT2D eigenvalue weighted by Gasteiger charge is 2.54. The van der Waals surface area contributed by atoms with Gasteiger partial charge in [-0.05, 0) is 25.0 Å². The Morgan fingerprint density at radius 2 is 1.95 bits per heavy atom. The van der Waals surface area contributed by atoms with Crippen molar-refractivity contribution in [1.29, 1.82) is 0 Å². The third-order valence-electron chi connectivity index (χ3n) is 9.48. The van der Waals surface area contributed by atoms with E-state index in [0.29, 0.717) is 5.52 Å². The predicted molar refractivity (Wildman–Crippen MR) is 193 cm³/mol. The number of aromatic amines is 1. The molecule has 1 saturated carbocycles. The van der Waals surface area contributed by atoms with Crippen LogP contribution < -0.4 is 26.9 Å². The number of H-pyrrole nitrogens is 1. The van der Waals surface area contributed by atoms with Crippen LogP contribution in [0.3, 0.4) is 0 Å². The van der Waals surface area contributed by atoms with E-state index in [1.807, 2.05) is 0 Å². The molecule has 20 nitrogen and oxygen atoms in total. The molecule has 55 heavy (non-hydrogen) atoms. The smallest absolute Gasteiger partial charge is 0.449 e. The molecule has 0 spiro atoms. The molecule has 0 bridgehead atoms. The summed E-state index contributed by atoms with van der Waals surface area (Å²) in [4.78, 5) is 89.6. The van der Waals surface area contributed by atoms with E-state index in [-0.39, 0.29) is 88.1 Å². The number of piperazine rings is 1. The van der Waals surface area contributed by atoms with Crippen molar-refractivity contribution in [1.82, 2.24) is 29.8 Å². The summed E-state index contributed by atoms with van der Waals surface area (Å²) in [5, 5.41) is 18.8. The third-order valence-corrected chi connectivity index (χ3v) is 11.5. The third kappa shape index (κ3) is 6.37. The highest BCUT2D eigenvalue weighted by atomic mass is 32.2. The number of pyridine rings is 1. The number of carbonyl (C=O) groups is 4. The molecule has 3 aliphatic heterocycles. The van der Waals surface area contributed by atoms with E-state index in [1.165, 1.54) is 29.2 Å². The number of carboxylic acid groups (broad SMARTS) is 1. The molecule has 3 amide bonds. The molecular formula is C32H30FN9O11S2. The Morgan fingerprint density at radius 1 is 1.18 bits per heavy atom. The maximum atomic E-state index is 15.6. The summed E-state index contributed by atoms with van der Waals surface area (Å²) in [6.07, 6.45) is -0.819. The number of fused-ring (bicyclic) bond motifs is 3. The zero-order valence-electron chi connectivity index (χ0n) is 28.6. The van der Waals surface area contributed by atoms with Gasteiger partial charge in [0.05, 0.1) is 11.2 Å². The number of benzene rings is 1. The van der Waals surface area contributed by atoms with Crippen molar-refractivity contribution in [2.45, 2.75) is 30.3 Å². The Balaban J connectivity index is 0.926. The van der Waals surface area contributed by atoms with Crippen LogP contribution >= 0.6 is 23.1 Å². The van der Waals surface area contributed by atoms with Crippen molar-refractivity contribution in [3.63, 3.8) is 0 Å². The van der Waals surface area contributed by atoms with E-state index >= 15 is 4.39 Å². The first-order chi connectivity index (χ1) is 26.4. The largest absolute Gasteiger partial charge is 0.512 e. The lowest BCUT2D eigenvalue weighted by Gasteiger charge is -2.49. The monoisotopic (exact) mass is 799 g/mol. The van der Waals surface area contributed by atoms with Crippen LogP contribution in [0.25, 0.3) is 22.0 Å². The van der Waals surface area contributed by atoms with E-state index in [0.717, 1.165) is 35.1 Å². The fourth-order valence-electron chi connectivity index (χ4n) is 6.76. The highest BCUT2D eigenvalue weighted by molar-refractivity contribution is 8.00. The van der Waals surface area contributed by atoms with Crippen LogP contribution in [0.1, 0.15) is 24.6 Å². The molecule has 1 aliphatic carbocycles. The molecule has 1 aromatic carbocycles. The Hall–Kier alpha value is -6.10. The molecule has 3 aromatic heterocycles. The second-order valence-electron chi connectivity index (χ2n) is 12.8. The lowest BCUT2D eigenvalue weighted by molar-refractivity contribution is -0.148. The fraction of sp³-hybridized carbons (Fsp3) is 0.375. The van der Waals surface area contributed by atoms with Crippen molar-refractivity contribution >= 4 is 85.7 Å². The maximum Gasteiger partial charge on any atom is 0.512 e. The van der Waals surface area contributed by atoms with Gasteiger partial charge in [-0.2, -0.15) is 5.16 Å². The van der Waals surface area contributed by atoms with Crippen LogP contribution in [0.4, 0.5) is 24.8 Å². The first kappa shape index (κ1) is 35.9. The number of nitrogens with zero attached hydrogens (tertiary/aromatic N) is 6. The summed E-state index contributed by atoms with van der Waals surface area (Å²) in [6, 6.07) is 1.60. The van der Waals surface area contributed by atoms with Crippen molar-refractivity contribution in [2.75, 3.05) is 56.3 Å². The van der Waals surface area contributed by atoms with Crippen molar-refractivity contribution in [2.24, 2.45) is 5.16 Å². The van der Waals surface area contributed by atoms with Gasteiger partial charge in [0.1, 0.15) is 36.6 Å². The second-order valence-corrected chi connectivity index (χ2v) is 14.8. The number of carbonyl (C=O) groups excluding carboxylic acids is 3. The summed E-state index contributed by atoms with van der Waals surface area (Å²) in [6.45, 7) is 0.295. The number of thiazole rings is 1. The lowest BCUT2D eigenvalue weighted by Crippen LogP contribution is -2.70. The minimum Gasteiger partial charge on any atom is -0.449 e. The van der Waals surface area contributed by atoms with Gasteiger partial charge in [-0.1, -0.05) is 5.16 Å². The van der Waals surface area contributed by atoms with Crippen LogP contribution in [-0.2, 0) is 23.9 Å². The molecule has 0 radical (unpaired) electrons. The molecule has 4 aliphatic rings. The van der Waals surface area contributed by atoms with Crippen molar-refractivity contribution < 1.29 is 47.5 Å². The standard InChI is InChI=1S/C32H30FN9O11S2/c1-50-37-21(17-12-55-30(34)35-17)25(45)36-22-26(46)42-27(52-32(48)49)13(11-54-29(22)42)10-51-31(47)40-6-4-39(5-7-40)19-9-18-15(8-16(19)33)23(43)20-24(44)38-53-28(20)41(18)14-2-3-14/h8-9,12,14,22,29H,2-7,10-11H2,1H3,(H2,34,35)(H,36,45)(H,38,44)(H,48,49)/b37-21-/t22-,29-/m1/s1. The zero-order valence-corrected chi connectivity index (χ0v) is 30.2. The van der Waals surface area contributed by atoms with Crippen molar-refractivity contribution in [3.05, 3.63) is 61.1 Å². The molecule has 288 valence electrons. The summed E-state index contributed by atoms with van der Waals surface area (Å²) >= 11 is 2.27. The number of halogens is 1. The number of rotatable bonds is 9. The summed E-state index contributed by atoms with van der Waals surface area (Å²) in [5.74, 6) is -2.34. The number of amides is 3. The number of nitrogen functional groups attached to an aromatic ring is 1. The van der Waals surface area contributed by atoms with Gasteiger partial charge in [-0.3, -0.25) is 24.1 Å². The lowest BCUT2D eigenvalue weighted by atomic mass is 10.1. The predicted octanol–water partition coefficient (Wildman–Crippen LogP) is 1.56. The maximum absolute atomic E-state index is 15.6. The number of nitrogens with one attached hydrogen (secondary N) is 2. The van der Waals surface area contributed by atoms with Gasteiger partial charge < -0.3 is 49.4 Å². The normalized spacial score (nSPS) is 20.1. The van der Waals surface area contributed by atoms with E-state index in [1.54, 1.807) is 15.5 Å². The van der Waals surface area contributed by atoms with Gasteiger partial charge in [0.25, 0.3) is 17.4 Å². The Labute approximate surface area is 315 Å². The molecular weight excluding hydrogens is 770 g/mol. The summed E-state index contributed by atoms with van der Waals surface area (Å²) < 4.78 is 33.2. The number of oxime groups is 1. The van der Waals surface area contributed by atoms with Crippen LogP contribution in [-0.4, -0.2) is 116 Å². The second kappa shape index (κ2) is 14.0. The van der Waals surface area contributed by atoms with Gasteiger partial charge in [0, 0.05) is 54.3 Å². The Kier molecular flexibility index (Phi) is 9.11. The number of aromatic nitrogens is 3. The van der Waals surface area contributed by atoms with Gasteiger partial charge in [-0.15, -0.1) is 23.1 Å². The first-order valence-electron chi connectivity index (χ1n) is 16.7. The topological polar surface area (TPSA) is 257 Å². The van der Waals surface area contributed by atoms with Crippen LogP contribution in [0.5, 0.6) is 0 Å². The Bertz CT molecular complexity index is 2460. The molecule has 23 heteroatoms. The minimum atomic E-state index is -1.70. The first-order valence-corrected chi connectivity index (χ1v) is 18.6. The number of nitrogens with two attached hydrogens (primary N) is 1. The molecule has 0 unspecified atom stereocenters. The molecule has 6 heterocycles. The van der Waals surface area contributed by atoms with Crippen LogP contribution in [0, 0.1) is 5.82 Å². The average Bonchev–Trinajstić information content (AvgIpc) is 3.80. The fourth-order valence-corrected chi connectivity index (χ4v) is 8.61. The average molecular weight is 800 g/mol. The summed E-state index contributed by atoms with van der Waals surface area (Å²) in [5.41, 5.74) is 5.26. The quantitative estimate of drug-likeness (QED) is 0.0811. The molecule has 2 atom stereocenters. The Morgan fingerprint density at radius 3 is 2.62 bits per heavy atom. The highest BCUT2D eigenvalue weighted by Crippen LogP contribution is 2.42.